The molecular formula is C13H23N3O2S. The van der Waals surface area contributed by atoms with Gasteiger partial charge >= 0.3 is 6.03 Å². The van der Waals surface area contributed by atoms with Gasteiger partial charge in [0, 0.05) is 23.7 Å². The van der Waals surface area contributed by atoms with E-state index in [0.29, 0.717) is 11.6 Å². The number of nitrogens with zero attached hydrogens (tertiary/aromatic N) is 1. The first-order valence-electron chi connectivity index (χ1n) is 6.69. The van der Waals surface area contributed by atoms with Gasteiger partial charge in [-0.3, -0.25) is 5.32 Å². The maximum Gasteiger partial charge on any atom is 0.321 e. The van der Waals surface area contributed by atoms with Gasteiger partial charge in [-0.2, -0.15) is 0 Å². The van der Waals surface area contributed by atoms with Crippen molar-refractivity contribution in [3.63, 3.8) is 0 Å². The highest BCUT2D eigenvalue weighted by Crippen LogP contribution is 2.19. The summed E-state index contributed by atoms with van der Waals surface area (Å²) < 4.78 is 0. The number of aryl methyl sites for hydroxylation is 1. The molecule has 1 heterocycles. The van der Waals surface area contributed by atoms with Crippen LogP contribution in [0.15, 0.2) is 6.20 Å². The molecule has 3 N–H and O–H groups in total. The van der Waals surface area contributed by atoms with Gasteiger partial charge in [-0.05, 0) is 18.8 Å². The minimum Gasteiger partial charge on any atom is -0.396 e. The van der Waals surface area contributed by atoms with E-state index in [0.717, 1.165) is 12.8 Å². The number of amides is 2. The highest BCUT2D eigenvalue weighted by Gasteiger charge is 2.16. The number of hydrogen-bond acceptors (Lipinski definition) is 4. The number of nitrogens with one attached hydrogen (secondary N) is 2. The minimum atomic E-state index is -0.260. The van der Waals surface area contributed by atoms with Crippen molar-refractivity contribution >= 4 is 22.5 Å². The Morgan fingerprint density at radius 3 is 2.84 bits per heavy atom. The first-order valence-corrected chi connectivity index (χ1v) is 7.51. The normalized spacial score (nSPS) is 12.5. The van der Waals surface area contributed by atoms with Gasteiger partial charge in [0.05, 0.1) is 0 Å². The number of aromatic nitrogens is 1. The van der Waals surface area contributed by atoms with E-state index in [2.05, 4.69) is 22.5 Å². The Hall–Kier alpha value is -1.14. The van der Waals surface area contributed by atoms with Crippen LogP contribution in [0.5, 0.6) is 0 Å². The zero-order valence-electron chi connectivity index (χ0n) is 11.8. The molecule has 0 bridgehead atoms. The Labute approximate surface area is 118 Å². The van der Waals surface area contributed by atoms with Crippen LogP contribution in [0, 0.1) is 5.92 Å². The molecule has 1 unspecified atom stereocenters. The summed E-state index contributed by atoms with van der Waals surface area (Å²) in [6.45, 7) is 6.22. The number of hydrogen-bond donors (Lipinski definition) is 3. The zero-order chi connectivity index (χ0) is 14.3. The fraction of sp³-hybridized carbons (Fsp3) is 0.692. The molecule has 19 heavy (non-hydrogen) atoms. The summed E-state index contributed by atoms with van der Waals surface area (Å²) in [5.41, 5.74) is 0. The lowest BCUT2D eigenvalue weighted by atomic mass is 10.0. The summed E-state index contributed by atoms with van der Waals surface area (Å²) in [5.74, 6) is 0.282. The Morgan fingerprint density at radius 2 is 2.26 bits per heavy atom. The molecule has 1 rings (SSSR count). The molecule has 108 valence electrons. The second-order valence-corrected chi connectivity index (χ2v) is 5.96. The minimum absolute atomic E-state index is 0.0277. The van der Waals surface area contributed by atoms with Gasteiger partial charge in [0.25, 0.3) is 0 Å². The van der Waals surface area contributed by atoms with E-state index in [1.807, 2.05) is 13.8 Å². The zero-order valence-corrected chi connectivity index (χ0v) is 12.6. The number of thiazole rings is 1. The molecule has 0 radical (unpaired) electrons. The molecule has 2 amide bonds. The smallest absolute Gasteiger partial charge is 0.321 e. The van der Waals surface area contributed by atoms with E-state index in [1.54, 1.807) is 6.20 Å². The number of aliphatic hydroxyl groups excluding tert-OH is 1. The van der Waals surface area contributed by atoms with Gasteiger partial charge in [0.15, 0.2) is 5.13 Å². The predicted molar refractivity (Wildman–Crippen MR) is 78.6 cm³/mol. The van der Waals surface area contributed by atoms with Crippen molar-refractivity contribution in [3.8, 4) is 0 Å². The van der Waals surface area contributed by atoms with Crippen molar-refractivity contribution in [1.29, 1.82) is 0 Å². The standard InChI is InChI=1S/C13H23N3O2S/c1-4-5-10-8-14-13(19-10)16-12(18)15-11(6-7-17)9(2)3/h8-9,11,17H,4-7H2,1-3H3,(H2,14,15,16,18). The second-order valence-electron chi connectivity index (χ2n) is 4.84. The highest BCUT2D eigenvalue weighted by atomic mass is 32.1. The lowest BCUT2D eigenvalue weighted by molar-refractivity contribution is 0.227. The molecule has 0 saturated carbocycles. The molecule has 0 aliphatic rings. The summed E-state index contributed by atoms with van der Waals surface area (Å²) in [7, 11) is 0. The number of urea groups is 1. The molecule has 1 aromatic heterocycles. The van der Waals surface area contributed by atoms with E-state index in [4.69, 9.17) is 5.11 Å². The van der Waals surface area contributed by atoms with Gasteiger partial charge in [-0.1, -0.05) is 27.2 Å². The van der Waals surface area contributed by atoms with E-state index in [-0.39, 0.29) is 24.6 Å². The van der Waals surface area contributed by atoms with Gasteiger partial charge < -0.3 is 10.4 Å². The average molecular weight is 285 g/mol. The summed E-state index contributed by atoms with van der Waals surface area (Å²) in [6.07, 6.45) is 4.42. The van der Waals surface area contributed by atoms with Gasteiger partial charge in [0.1, 0.15) is 0 Å². The van der Waals surface area contributed by atoms with Gasteiger partial charge in [-0.15, -0.1) is 11.3 Å². The van der Waals surface area contributed by atoms with Crippen molar-refractivity contribution in [3.05, 3.63) is 11.1 Å². The Kier molecular flexibility index (Phi) is 6.80. The number of carbonyl (C=O) groups excluding carboxylic acids is 1. The van der Waals surface area contributed by atoms with Gasteiger partial charge in [0.2, 0.25) is 0 Å². The SMILES string of the molecule is CCCc1cnc(NC(=O)NC(CCO)C(C)C)s1. The van der Waals surface area contributed by atoms with Crippen molar-refractivity contribution in [1.82, 2.24) is 10.3 Å². The molecule has 0 aliphatic heterocycles. The Morgan fingerprint density at radius 1 is 1.53 bits per heavy atom. The average Bonchev–Trinajstić information content (AvgIpc) is 2.76. The third-order valence-electron chi connectivity index (χ3n) is 2.83. The van der Waals surface area contributed by atoms with Crippen LogP contribution in [0.1, 0.15) is 38.5 Å². The number of anilines is 1. The topological polar surface area (TPSA) is 74.2 Å². The fourth-order valence-corrected chi connectivity index (χ4v) is 2.65. The number of rotatable bonds is 7. The quantitative estimate of drug-likeness (QED) is 0.721. The molecule has 5 nitrogen and oxygen atoms in total. The van der Waals surface area contributed by atoms with Crippen LogP contribution in [-0.2, 0) is 6.42 Å². The lowest BCUT2D eigenvalue weighted by Gasteiger charge is -2.21. The van der Waals surface area contributed by atoms with Crippen LogP contribution >= 0.6 is 11.3 Å². The fourth-order valence-electron chi connectivity index (χ4n) is 1.74. The molecule has 0 saturated heterocycles. The lowest BCUT2D eigenvalue weighted by Crippen LogP contribution is -2.41. The molecule has 1 atom stereocenters. The van der Waals surface area contributed by atoms with E-state index < -0.39 is 0 Å². The maximum atomic E-state index is 11.8. The number of aliphatic hydroxyl groups is 1. The molecule has 0 aromatic carbocycles. The van der Waals surface area contributed by atoms with E-state index in [9.17, 15) is 4.79 Å². The first kappa shape index (κ1) is 15.9. The predicted octanol–water partition coefficient (Wildman–Crippen LogP) is 2.62. The van der Waals surface area contributed by atoms with Crippen molar-refractivity contribution in [2.24, 2.45) is 5.92 Å². The summed E-state index contributed by atoms with van der Waals surface area (Å²) >= 11 is 1.50. The Balaban J connectivity index is 2.48. The van der Waals surface area contributed by atoms with Crippen LogP contribution in [-0.4, -0.2) is 28.8 Å². The van der Waals surface area contributed by atoms with E-state index in [1.165, 1.54) is 16.2 Å². The van der Waals surface area contributed by atoms with Crippen LogP contribution in [0.2, 0.25) is 0 Å². The van der Waals surface area contributed by atoms with Crippen LogP contribution in [0.4, 0.5) is 9.93 Å². The number of carbonyl (C=O) groups is 1. The van der Waals surface area contributed by atoms with Crippen molar-refractivity contribution in [2.45, 2.75) is 46.1 Å². The molecule has 0 fully saturated rings. The molecule has 0 spiro atoms. The monoisotopic (exact) mass is 285 g/mol. The third kappa shape index (κ3) is 5.57. The maximum absolute atomic E-state index is 11.8. The van der Waals surface area contributed by atoms with Crippen LogP contribution < -0.4 is 10.6 Å². The third-order valence-corrected chi connectivity index (χ3v) is 3.80. The summed E-state index contributed by atoms with van der Waals surface area (Å²) in [4.78, 5) is 17.2. The Bertz CT molecular complexity index is 393. The molecule has 1 aromatic rings. The van der Waals surface area contributed by atoms with Crippen LogP contribution in [0.3, 0.4) is 0 Å². The van der Waals surface area contributed by atoms with Crippen LogP contribution in [0.25, 0.3) is 0 Å². The van der Waals surface area contributed by atoms with Crippen molar-refractivity contribution in [2.75, 3.05) is 11.9 Å². The molecule has 6 heteroatoms. The first-order chi connectivity index (χ1) is 9.06. The van der Waals surface area contributed by atoms with Crippen molar-refractivity contribution < 1.29 is 9.90 Å². The summed E-state index contributed by atoms with van der Waals surface area (Å²) in [5, 5.41) is 15.2. The molecule has 0 aliphatic carbocycles. The van der Waals surface area contributed by atoms with Gasteiger partial charge in [-0.25, -0.2) is 9.78 Å². The summed E-state index contributed by atoms with van der Waals surface area (Å²) in [6, 6.07) is -0.287. The largest absolute Gasteiger partial charge is 0.396 e. The second kappa shape index (κ2) is 8.12. The van der Waals surface area contributed by atoms with E-state index >= 15 is 0 Å². The molecular weight excluding hydrogens is 262 g/mol. The highest BCUT2D eigenvalue weighted by molar-refractivity contribution is 7.15.